The van der Waals surface area contributed by atoms with E-state index in [0.29, 0.717) is 26.2 Å². The van der Waals surface area contributed by atoms with E-state index in [1.54, 1.807) is 11.4 Å². The molecule has 0 saturated heterocycles. The SMILES string of the molecule is CS(=O)(=O)c1ccc2nc(NC(=O)Cc3csc(NC(=O)c4ccc(F)cc4)n3)sc2c1. The summed E-state index contributed by atoms with van der Waals surface area (Å²) >= 11 is 2.33. The van der Waals surface area contributed by atoms with Crippen molar-refractivity contribution in [2.75, 3.05) is 16.9 Å². The first kappa shape index (κ1) is 22.0. The Labute approximate surface area is 190 Å². The highest BCUT2D eigenvalue weighted by atomic mass is 32.2. The van der Waals surface area contributed by atoms with Gasteiger partial charge >= 0.3 is 0 Å². The quantitative estimate of drug-likeness (QED) is 0.425. The summed E-state index contributed by atoms with van der Waals surface area (Å²) < 4.78 is 37.0. The van der Waals surface area contributed by atoms with Crippen LogP contribution in [-0.2, 0) is 21.1 Å². The highest BCUT2D eigenvalue weighted by molar-refractivity contribution is 7.90. The molecule has 2 N–H and O–H groups in total. The molecular weight excluding hydrogens is 475 g/mol. The first-order valence-corrected chi connectivity index (χ1v) is 12.7. The van der Waals surface area contributed by atoms with E-state index in [-0.39, 0.29) is 22.8 Å². The van der Waals surface area contributed by atoms with Gasteiger partial charge in [0.15, 0.2) is 20.1 Å². The van der Waals surface area contributed by atoms with Gasteiger partial charge in [0.2, 0.25) is 5.91 Å². The van der Waals surface area contributed by atoms with Gasteiger partial charge in [-0.3, -0.25) is 14.9 Å². The normalized spacial score (nSPS) is 11.4. The molecule has 0 aliphatic rings. The summed E-state index contributed by atoms with van der Waals surface area (Å²) in [4.78, 5) is 33.3. The van der Waals surface area contributed by atoms with Crippen LogP contribution in [0, 0.1) is 5.82 Å². The van der Waals surface area contributed by atoms with Gasteiger partial charge in [-0.25, -0.2) is 22.8 Å². The number of nitrogens with one attached hydrogen (secondary N) is 2. The van der Waals surface area contributed by atoms with Crippen LogP contribution in [0.1, 0.15) is 16.1 Å². The van der Waals surface area contributed by atoms with Crippen molar-refractivity contribution >= 4 is 64.8 Å². The summed E-state index contributed by atoms with van der Waals surface area (Å²) in [6, 6.07) is 9.70. The molecule has 0 unspecified atom stereocenters. The first-order valence-electron chi connectivity index (χ1n) is 9.09. The Morgan fingerprint density at radius 1 is 1.03 bits per heavy atom. The number of rotatable bonds is 6. The average molecular weight is 491 g/mol. The summed E-state index contributed by atoms with van der Waals surface area (Å²) in [5.74, 6) is -1.22. The Hall–Kier alpha value is -3.22. The van der Waals surface area contributed by atoms with Crippen molar-refractivity contribution in [1.82, 2.24) is 9.97 Å². The van der Waals surface area contributed by atoms with Crippen LogP contribution in [0.4, 0.5) is 14.7 Å². The number of thiazole rings is 2. The summed E-state index contributed by atoms with van der Waals surface area (Å²) in [6.45, 7) is 0. The number of hydrogen-bond acceptors (Lipinski definition) is 8. The van der Waals surface area contributed by atoms with Gasteiger partial charge in [0.25, 0.3) is 5.91 Å². The van der Waals surface area contributed by atoms with Crippen molar-refractivity contribution < 1.29 is 22.4 Å². The number of hydrogen-bond donors (Lipinski definition) is 2. The van der Waals surface area contributed by atoms with Crippen LogP contribution in [0.3, 0.4) is 0 Å². The topological polar surface area (TPSA) is 118 Å². The van der Waals surface area contributed by atoms with E-state index in [1.807, 2.05) is 0 Å². The highest BCUT2D eigenvalue weighted by Crippen LogP contribution is 2.28. The third kappa shape index (κ3) is 5.15. The maximum Gasteiger partial charge on any atom is 0.257 e. The smallest absolute Gasteiger partial charge is 0.257 e. The first-order chi connectivity index (χ1) is 15.2. The van der Waals surface area contributed by atoms with Gasteiger partial charge < -0.3 is 5.32 Å². The maximum absolute atomic E-state index is 13.0. The zero-order valence-corrected chi connectivity index (χ0v) is 18.9. The van der Waals surface area contributed by atoms with Crippen LogP contribution in [0.5, 0.6) is 0 Å². The Morgan fingerprint density at radius 2 is 1.78 bits per heavy atom. The minimum absolute atomic E-state index is 0.0343. The molecule has 2 amide bonds. The molecule has 2 heterocycles. The zero-order chi connectivity index (χ0) is 22.9. The fraction of sp³-hybridized carbons (Fsp3) is 0.100. The third-order valence-corrected chi connectivity index (χ3v) is 7.11. The molecule has 0 radical (unpaired) electrons. The second kappa shape index (κ2) is 8.73. The van der Waals surface area contributed by atoms with Crippen molar-refractivity contribution in [2.45, 2.75) is 11.3 Å². The van der Waals surface area contributed by atoms with Crippen LogP contribution < -0.4 is 10.6 Å². The van der Waals surface area contributed by atoms with Crippen LogP contribution in [-0.4, -0.2) is 36.5 Å². The monoisotopic (exact) mass is 490 g/mol. The summed E-state index contributed by atoms with van der Waals surface area (Å²) in [5.41, 5.74) is 1.33. The molecule has 0 bridgehead atoms. The van der Waals surface area contributed by atoms with E-state index in [0.717, 1.165) is 17.6 Å². The molecule has 4 aromatic rings. The molecule has 2 aromatic carbocycles. The molecule has 2 aromatic heterocycles. The minimum atomic E-state index is -3.34. The molecule has 8 nitrogen and oxygen atoms in total. The minimum Gasteiger partial charge on any atom is -0.302 e. The molecule has 0 aliphatic carbocycles. The number of fused-ring (bicyclic) bond motifs is 1. The zero-order valence-electron chi connectivity index (χ0n) is 16.5. The summed E-state index contributed by atoms with van der Waals surface area (Å²) in [5, 5.41) is 7.60. The third-order valence-electron chi connectivity index (χ3n) is 4.25. The summed E-state index contributed by atoms with van der Waals surface area (Å²) in [6.07, 6.45) is 1.09. The van der Waals surface area contributed by atoms with Crippen molar-refractivity contribution in [2.24, 2.45) is 0 Å². The molecular formula is C20H15FN4O4S3. The van der Waals surface area contributed by atoms with Crippen LogP contribution in [0.15, 0.2) is 52.7 Å². The van der Waals surface area contributed by atoms with E-state index < -0.39 is 21.6 Å². The molecule has 0 atom stereocenters. The molecule has 4 rings (SSSR count). The lowest BCUT2D eigenvalue weighted by molar-refractivity contribution is -0.115. The largest absolute Gasteiger partial charge is 0.302 e. The Balaban J connectivity index is 1.39. The van der Waals surface area contributed by atoms with Crippen molar-refractivity contribution in [1.29, 1.82) is 0 Å². The number of nitrogens with zero attached hydrogens (tertiary/aromatic N) is 2. The van der Waals surface area contributed by atoms with E-state index in [4.69, 9.17) is 0 Å². The second-order valence-electron chi connectivity index (χ2n) is 6.75. The van der Waals surface area contributed by atoms with Crippen LogP contribution >= 0.6 is 22.7 Å². The molecule has 0 fully saturated rings. The highest BCUT2D eigenvalue weighted by Gasteiger charge is 2.14. The lowest BCUT2D eigenvalue weighted by Gasteiger charge is -2.01. The molecule has 32 heavy (non-hydrogen) atoms. The predicted octanol–water partition coefficient (Wildman–Crippen LogP) is 3.73. The van der Waals surface area contributed by atoms with Crippen LogP contribution in [0.25, 0.3) is 10.2 Å². The number of sulfone groups is 1. The van der Waals surface area contributed by atoms with Gasteiger partial charge in [-0.1, -0.05) is 11.3 Å². The number of aromatic nitrogens is 2. The van der Waals surface area contributed by atoms with Gasteiger partial charge in [-0.15, -0.1) is 11.3 Å². The fourth-order valence-electron chi connectivity index (χ4n) is 2.73. The fourth-order valence-corrected chi connectivity index (χ4v) is 5.08. The van der Waals surface area contributed by atoms with E-state index in [1.165, 1.54) is 47.7 Å². The van der Waals surface area contributed by atoms with Crippen molar-refractivity contribution in [3.05, 3.63) is 64.9 Å². The lowest BCUT2D eigenvalue weighted by atomic mass is 10.2. The van der Waals surface area contributed by atoms with Gasteiger partial charge in [0.1, 0.15) is 5.82 Å². The Bertz CT molecular complexity index is 1430. The maximum atomic E-state index is 13.0. The van der Waals surface area contributed by atoms with Gasteiger partial charge in [0.05, 0.1) is 27.2 Å². The van der Waals surface area contributed by atoms with Gasteiger partial charge in [-0.2, -0.15) is 0 Å². The van der Waals surface area contributed by atoms with Gasteiger partial charge in [-0.05, 0) is 42.5 Å². The number of carbonyl (C=O) groups is 2. The van der Waals surface area contributed by atoms with E-state index in [2.05, 4.69) is 20.6 Å². The van der Waals surface area contributed by atoms with Gasteiger partial charge in [0, 0.05) is 17.2 Å². The molecule has 0 aliphatic heterocycles. The summed E-state index contributed by atoms with van der Waals surface area (Å²) in [7, 11) is -3.34. The molecule has 12 heteroatoms. The molecule has 164 valence electrons. The van der Waals surface area contributed by atoms with Crippen molar-refractivity contribution in [3.63, 3.8) is 0 Å². The Kier molecular flexibility index (Phi) is 6.00. The average Bonchev–Trinajstić information content (AvgIpc) is 3.32. The number of anilines is 2. The van der Waals surface area contributed by atoms with Crippen LogP contribution in [0.2, 0.25) is 0 Å². The van der Waals surface area contributed by atoms with E-state index in [9.17, 15) is 22.4 Å². The molecule has 0 spiro atoms. The molecule has 0 saturated carbocycles. The number of carbonyl (C=O) groups excluding carboxylic acids is 2. The predicted molar refractivity (Wildman–Crippen MR) is 122 cm³/mol. The lowest BCUT2D eigenvalue weighted by Crippen LogP contribution is -2.15. The standard InChI is InChI=1S/C20H15FN4O4S3/c1-32(28,29)14-6-7-15-16(9-14)31-20(23-15)24-17(26)8-13-10-30-19(22-13)25-18(27)11-2-4-12(21)5-3-11/h2-7,9-10H,8H2,1H3,(H,22,25,27)(H,23,24,26). The number of amides is 2. The van der Waals surface area contributed by atoms with E-state index >= 15 is 0 Å². The van der Waals surface area contributed by atoms with Crippen molar-refractivity contribution in [3.8, 4) is 0 Å². The number of halogens is 1. The Morgan fingerprint density at radius 3 is 2.50 bits per heavy atom. The second-order valence-corrected chi connectivity index (χ2v) is 10.7. The number of benzene rings is 2.